The van der Waals surface area contributed by atoms with Crippen LogP contribution in [0.3, 0.4) is 0 Å². The number of carbonyl (C=O) groups excluding carboxylic acids is 1. The van der Waals surface area contributed by atoms with E-state index in [0.717, 1.165) is 24.4 Å². The Morgan fingerprint density at radius 3 is 2.30 bits per heavy atom. The van der Waals surface area contributed by atoms with E-state index in [-0.39, 0.29) is 30.0 Å². The number of amides is 2. The Kier molecular flexibility index (Phi) is 8.64. The fraction of sp³-hybridized carbons (Fsp3) is 0.217. The number of hydrogen-bond donors (Lipinski definition) is 3. The topological polar surface area (TPSA) is 123 Å². The number of rotatable bonds is 4. The molecule has 2 amide bonds. The molecule has 17 heteroatoms. The minimum absolute atomic E-state index is 0.0883. The molecule has 40 heavy (non-hydrogen) atoms. The molecule has 0 spiro atoms. The van der Waals surface area contributed by atoms with Crippen LogP contribution in [-0.4, -0.2) is 46.2 Å². The number of anilines is 1. The van der Waals surface area contributed by atoms with E-state index in [1.165, 1.54) is 18.3 Å². The van der Waals surface area contributed by atoms with Gasteiger partial charge in [0.15, 0.2) is 11.6 Å². The van der Waals surface area contributed by atoms with Crippen LogP contribution in [0.25, 0.3) is 0 Å². The zero-order valence-electron chi connectivity index (χ0n) is 19.6. The summed E-state index contributed by atoms with van der Waals surface area (Å²) >= 11 is 0. The van der Waals surface area contributed by atoms with Crippen molar-refractivity contribution in [3.05, 3.63) is 77.9 Å². The molecule has 3 aromatic rings. The van der Waals surface area contributed by atoms with Gasteiger partial charge in [-0.05, 0) is 42.0 Å². The van der Waals surface area contributed by atoms with Crippen molar-refractivity contribution < 1.29 is 59.3 Å². The smallest absolute Gasteiger partial charge is 0.491 e. The van der Waals surface area contributed by atoms with Crippen LogP contribution in [0.4, 0.5) is 45.6 Å². The van der Waals surface area contributed by atoms with Gasteiger partial charge in [-0.1, -0.05) is 6.07 Å². The van der Waals surface area contributed by atoms with E-state index in [1.807, 2.05) is 0 Å². The molecule has 0 bridgehead atoms. The van der Waals surface area contributed by atoms with Gasteiger partial charge < -0.3 is 25.2 Å². The molecule has 1 atom stereocenters. The van der Waals surface area contributed by atoms with Gasteiger partial charge in [-0.15, -0.1) is 13.2 Å². The fourth-order valence-corrected chi connectivity index (χ4v) is 3.51. The second-order valence-corrected chi connectivity index (χ2v) is 7.80. The maximum absolute atomic E-state index is 14.6. The summed E-state index contributed by atoms with van der Waals surface area (Å²) in [5, 5.41) is 12.3. The summed E-state index contributed by atoms with van der Waals surface area (Å²) in [6.45, 7) is 0.0967. The number of fused-ring (bicyclic) bond motifs is 1. The second kappa shape index (κ2) is 11.6. The maximum atomic E-state index is 14.6. The van der Waals surface area contributed by atoms with E-state index >= 15 is 0 Å². The summed E-state index contributed by atoms with van der Waals surface area (Å²) in [7, 11) is 0. The van der Waals surface area contributed by atoms with Crippen LogP contribution in [0.2, 0.25) is 0 Å². The highest BCUT2D eigenvalue weighted by Crippen LogP contribution is 2.41. The number of aliphatic carboxylic acids is 1. The van der Waals surface area contributed by atoms with Gasteiger partial charge in [0, 0.05) is 12.6 Å². The predicted octanol–water partition coefficient (Wildman–Crippen LogP) is 5.13. The zero-order chi connectivity index (χ0) is 29.7. The summed E-state index contributed by atoms with van der Waals surface area (Å²) in [5.41, 5.74) is -0.931. The molecular formula is C23H16F8N4O5. The van der Waals surface area contributed by atoms with Gasteiger partial charge in [0.2, 0.25) is 5.95 Å². The number of benzene rings is 1. The number of carbonyl (C=O) groups is 2. The van der Waals surface area contributed by atoms with Crippen molar-refractivity contribution in [1.82, 2.24) is 15.3 Å². The third kappa shape index (κ3) is 7.45. The number of hydrogen-bond acceptors (Lipinski definition) is 6. The van der Waals surface area contributed by atoms with Crippen molar-refractivity contribution >= 4 is 17.7 Å². The lowest BCUT2D eigenvalue weighted by Gasteiger charge is -2.39. The summed E-state index contributed by atoms with van der Waals surface area (Å²) in [4.78, 5) is 29.4. The van der Waals surface area contributed by atoms with Gasteiger partial charge in [-0.3, -0.25) is 4.98 Å². The fourth-order valence-electron chi connectivity index (χ4n) is 3.51. The van der Waals surface area contributed by atoms with E-state index in [9.17, 15) is 39.9 Å². The van der Waals surface area contributed by atoms with Crippen LogP contribution in [0.1, 0.15) is 17.7 Å². The van der Waals surface area contributed by atoms with E-state index in [2.05, 4.69) is 25.3 Å². The van der Waals surface area contributed by atoms with Crippen molar-refractivity contribution in [1.29, 1.82) is 0 Å². The number of ether oxygens (including phenoxy) is 2. The third-order valence-electron chi connectivity index (χ3n) is 5.11. The predicted molar refractivity (Wildman–Crippen MR) is 118 cm³/mol. The highest BCUT2D eigenvalue weighted by Gasteiger charge is 2.43. The minimum Gasteiger partial charge on any atom is -0.491 e. The Morgan fingerprint density at radius 1 is 1.02 bits per heavy atom. The molecule has 0 saturated carbocycles. The first-order valence-corrected chi connectivity index (χ1v) is 10.8. The van der Waals surface area contributed by atoms with Crippen LogP contribution in [0, 0.1) is 11.8 Å². The summed E-state index contributed by atoms with van der Waals surface area (Å²) in [6, 6.07) is 7.62. The Morgan fingerprint density at radius 2 is 1.73 bits per heavy atom. The van der Waals surface area contributed by atoms with E-state index < -0.39 is 47.6 Å². The third-order valence-corrected chi connectivity index (χ3v) is 5.11. The molecular weight excluding hydrogens is 564 g/mol. The van der Waals surface area contributed by atoms with Crippen LogP contribution < -0.4 is 20.1 Å². The van der Waals surface area contributed by atoms with Gasteiger partial charge in [-0.25, -0.2) is 19.0 Å². The van der Waals surface area contributed by atoms with Gasteiger partial charge in [-0.2, -0.15) is 17.6 Å². The molecule has 3 N–H and O–H groups in total. The molecule has 2 aromatic heterocycles. The normalized spacial score (nSPS) is 16.4. The van der Waals surface area contributed by atoms with Crippen LogP contribution >= 0.6 is 0 Å². The number of carboxylic acids is 1. The lowest BCUT2D eigenvalue weighted by Crippen LogP contribution is -2.51. The Balaban J connectivity index is 0.000000559. The first-order chi connectivity index (χ1) is 18.6. The van der Waals surface area contributed by atoms with Gasteiger partial charge in [0.05, 0.1) is 18.5 Å². The Hall–Kier alpha value is -4.70. The van der Waals surface area contributed by atoms with Gasteiger partial charge in [0.1, 0.15) is 17.0 Å². The lowest BCUT2D eigenvalue weighted by molar-refractivity contribution is -0.275. The Labute approximate surface area is 218 Å². The summed E-state index contributed by atoms with van der Waals surface area (Å²) in [5.74, 6) is -5.48. The quantitative estimate of drug-likeness (QED) is 0.289. The SMILES string of the molecule is O=C(Nc1ccc(F)nc1)NC1(c2ccc(OC(F)(F)F)c(F)c2)CCOc2cccnc21.O=C(O)C(F)(F)F. The molecule has 9 nitrogen and oxygen atoms in total. The number of carboxylic acid groups (broad SMARTS) is 1. The molecule has 1 unspecified atom stereocenters. The number of nitrogens with zero attached hydrogens (tertiary/aromatic N) is 2. The highest BCUT2D eigenvalue weighted by molar-refractivity contribution is 5.90. The number of aromatic nitrogens is 2. The molecule has 0 aliphatic carbocycles. The molecule has 214 valence electrons. The first kappa shape index (κ1) is 29.9. The van der Waals surface area contributed by atoms with Crippen LogP contribution in [0.5, 0.6) is 11.5 Å². The second-order valence-electron chi connectivity index (χ2n) is 7.80. The molecule has 1 aromatic carbocycles. The number of nitrogens with one attached hydrogen (secondary N) is 2. The average molecular weight is 580 g/mol. The summed E-state index contributed by atoms with van der Waals surface area (Å²) in [6.07, 6.45) is -7.54. The number of alkyl halides is 6. The van der Waals surface area contributed by atoms with Crippen molar-refractivity contribution in [3.8, 4) is 11.5 Å². The van der Waals surface area contributed by atoms with Crippen LogP contribution in [-0.2, 0) is 10.3 Å². The lowest BCUT2D eigenvalue weighted by atomic mass is 9.81. The highest BCUT2D eigenvalue weighted by atomic mass is 19.4. The molecule has 0 saturated heterocycles. The monoisotopic (exact) mass is 580 g/mol. The average Bonchev–Trinajstić information content (AvgIpc) is 2.86. The van der Waals surface area contributed by atoms with Crippen molar-refractivity contribution in [2.75, 3.05) is 11.9 Å². The molecule has 0 fully saturated rings. The minimum atomic E-state index is -5.08. The number of halogens is 8. The molecule has 0 radical (unpaired) electrons. The zero-order valence-corrected chi connectivity index (χ0v) is 19.6. The summed E-state index contributed by atoms with van der Waals surface area (Å²) < 4.78 is 106. The van der Waals surface area contributed by atoms with Crippen LogP contribution in [0.15, 0.2) is 54.9 Å². The van der Waals surface area contributed by atoms with Crippen molar-refractivity contribution in [2.45, 2.75) is 24.5 Å². The van der Waals surface area contributed by atoms with E-state index in [1.54, 1.807) is 12.1 Å². The Bertz CT molecular complexity index is 1370. The molecule has 4 rings (SSSR count). The van der Waals surface area contributed by atoms with Crippen molar-refractivity contribution in [3.63, 3.8) is 0 Å². The largest absolute Gasteiger partial charge is 0.573 e. The molecule has 1 aliphatic heterocycles. The number of urea groups is 1. The molecule has 3 heterocycles. The molecule has 1 aliphatic rings. The van der Waals surface area contributed by atoms with E-state index in [0.29, 0.717) is 5.75 Å². The maximum Gasteiger partial charge on any atom is 0.573 e. The standard InChI is InChI=1S/C21H15F5N4O3.C2HF3O2/c22-14-10-12(3-5-15(14)33-21(24,25)26)20(7-9-32-16-2-1-8-27-18(16)20)30-19(31)29-13-4-6-17(23)28-11-13;3-2(4,5)1(6)7/h1-6,8,10-11H,7,9H2,(H2,29,30,31);(H,6,7). The first-order valence-electron chi connectivity index (χ1n) is 10.8. The van der Waals surface area contributed by atoms with Crippen molar-refractivity contribution in [2.24, 2.45) is 0 Å². The van der Waals surface area contributed by atoms with E-state index in [4.69, 9.17) is 14.6 Å². The van der Waals surface area contributed by atoms with Gasteiger partial charge in [0.25, 0.3) is 0 Å². The van der Waals surface area contributed by atoms with Gasteiger partial charge >= 0.3 is 24.5 Å². The number of pyridine rings is 2.